The standard InChI is InChI=1S/C6H12BrNO3/c1-3-11-6(9)5(7)4-8-10-2/h5,8H,3-4H2,1-2H3. The second-order valence-corrected chi connectivity index (χ2v) is 2.88. The van der Waals surface area contributed by atoms with Gasteiger partial charge >= 0.3 is 5.97 Å². The van der Waals surface area contributed by atoms with Gasteiger partial charge in [0.2, 0.25) is 0 Å². The quantitative estimate of drug-likeness (QED) is 0.420. The molecule has 0 aliphatic heterocycles. The summed E-state index contributed by atoms with van der Waals surface area (Å²) in [6, 6.07) is 0. The van der Waals surface area contributed by atoms with Crippen molar-refractivity contribution in [2.45, 2.75) is 11.8 Å². The number of nitrogens with one attached hydrogen (secondary N) is 1. The molecule has 5 heteroatoms. The van der Waals surface area contributed by atoms with Gasteiger partial charge in [-0.2, -0.15) is 0 Å². The van der Waals surface area contributed by atoms with Crippen molar-refractivity contribution in [3.63, 3.8) is 0 Å². The maximum Gasteiger partial charge on any atom is 0.321 e. The fourth-order valence-electron chi connectivity index (χ4n) is 0.473. The molecule has 0 rings (SSSR count). The van der Waals surface area contributed by atoms with E-state index in [2.05, 4.69) is 26.2 Å². The molecule has 66 valence electrons. The van der Waals surface area contributed by atoms with Gasteiger partial charge in [0.1, 0.15) is 4.83 Å². The summed E-state index contributed by atoms with van der Waals surface area (Å²) in [6.45, 7) is 2.56. The first-order chi connectivity index (χ1) is 5.22. The molecule has 0 amide bonds. The number of hydrogen-bond acceptors (Lipinski definition) is 4. The van der Waals surface area contributed by atoms with E-state index in [1.165, 1.54) is 7.11 Å². The lowest BCUT2D eigenvalue weighted by atomic mass is 10.4. The lowest BCUT2D eigenvalue weighted by molar-refractivity contribution is -0.142. The van der Waals surface area contributed by atoms with Gasteiger partial charge in [-0.1, -0.05) is 15.9 Å². The highest BCUT2D eigenvalue weighted by Gasteiger charge is 2.14. The van der Waals surface area contributed by atoms with E-state index in [1.54, 1.807) is 6.92 Å². The third kappa shape index (κ3) is 5.17. The van der Waals surface area contributed by atoms with Crippen molar-refractivity contribution < 1.29 is 14.4 Å². The van der Waals surface area contributed by atoms with Crippen LogP contribution in [0.1, 0.15) is 6.92 Å². The van der Waals surface area contributed by atoms with Crippen LogP contribution in [-0.2, 0) is 14.4 Å². The Morgan fingerprint density at radius 2 is 2.36 bits per heavy atom. The van der Waals surface area contributed by atoms with E-state index in [0.717, 1.165) is 0 Å². The van der Waals surface area contributed by atoms with Gasteiger partial charge < -0.3 is 9.57 Å². The summed E-state index contributed by atoms with van der Waals surface area (Å²) in [6.07, 6.45) is 0. The van der Waals surface area contributed by atoms with Crippen LogP contribution in [0.4, 0.5) is 0 Å². The number of halogens is 1. The van der Waals surface area contributed by atoms with Gasteiger partial charge in [0, 0.05) is 6.54 Å². The zero-order valence-corrected chi connectivity index (χ0v) is 8.18. The van der Waals surface area contributed by atoms with Crippen LogP contribution in [0.5, 0.6) is 0 Å². The molecule has 1 atom stereocenters. The van der Waals surface area contributed by atoms with Gasteiger partial charge in [-0.3, -0.25) is 4.79 Å². The maximum absolute atomic E-state index is 10.9. The Hall–Kier alpha value is -0.130. The largest absolute Gasteiger partial charge is 0.465 e. The molecule has 0 saturated heterocycles. The van der Waals surface area contributed by atoms with E-state index in [1.807, 2.05) is 0 Å². The van der Waals surface area contributed by atoms with Gasteiger partial charge in [0.25, 0.3) is 0 Å². The molecule has 0 heterocycles. The van der Waals surface area contributed by atoms with Crippen LogP contribution >= 0.6 is 15.9 Å². The van der Waals surface area contributed by atoms with E-state index >= 15 is 0 Å². The van der Waals surface area contributed by atoms with Crippen molar-refractivity contribution in [1.82, 2.24) is 5.48 Å². The second-order valence-electron chi connectivity index (χ2n) is 1.77. The fraction of sp³-hybridized carbons (Fsp3) is 0.833. The molecule has 0 spiro atoms. The first kappa shape index (κ1) is 10.9. The monoisotopic (exact) mass is 225 g/mol. The Kier molecular flexibility index (Phi) is 6.49. The number of hydroxylamine groups is 1. The molecule has 1 unspecified atom stereocenters. The zero-order chi connectivity index (χ0) is 8.69. The number of rotatable bonds is 5. The Labute approximate surface area is 74.3 Å². The van der Waals surface area contributed by atoms with Crippen LogP contribution in [0.25, 0.3) is 0 Å². The second kappa shape index (κ2) is 6.57. The van der Waals surface area contributed by atoms with Crippen molar-refractivity contribution >= 4 is 21.9 Å². The van der Waals surface area contributed by atoms with Gasteiger partial charge in [0.15, 0.2) is 0 Å². The topological polar surface area (TPSA) is 47.6 Å². The normalized spacial score (nSPS) is 12.6. The minimum Gasteiger partial charge on any atom is -0.465 e. The van der Waals surface area contributed by atoms with Crippen LogP contribution in [0, 0.1) is 0 Å². The molecular formula is C6H12BrNO3. The van der Waals surface area contributed by atoms with Gasteiger partial charge in [-0.15, -0.1) is 0 Å². The van der Waals surface area contributed by atoms with Crippen molar-refractivity contribution in [2.75, 3.05) is 20.3 Å². The lowest BCUT2D eigenvalue weighted by Gasteiger charge is -2.07. The molecular weight excluding hydrogens is 214 g/mol. The van der Waals surface area contributed by atoms with Gasteiger partial charge in [-0.05, 0) is 6.92 Å². The summed E-state index contributed by atoms with van der Waals surface area (Å²) in [4.78, 5) is 15.1. The lowest BCUT2D eigenvalue weighted by Crippen LogP contribution is -2.29. The van der Waals surface area contributed by atoms with Crippen LogP contribution in [0.3, 0.4) is 0 Å². The Morgan fingerprint density at radius 1 is 1.73 bits per heavy atom. The number of esters is 1. The minimum atomic E-state index is -0.345. The third-order valence-electron chi connectivity index (χ3n) is 0.949. The van der Waals surface area contributed by atoms with Crippen LogP contribution in [0.2, 0.25) is 0 Å². The third-order valence-corrected chi connectivity index (χ3v) is 1.65. The summed E-state index contributed by atoms with van der Waals surface area (Å²) in [5.74, 6) is -0.281. The average molecular weight is 226 g/mol. The summed E-state index contributed by atoms with van der Waals surface area (Å²) in [5.41, 5.74) is 2.54. The summed E-state index contributed by atoms with van der Waals surface area (Å²) >= 11 is 3.13. The van der Waals surface area contributed by atoms with E-state index in [-0.39, 0.29) is 10.8 Å². The van der Waals surface area contributed by atoms with Gasteiger partial charge in [-0.25, -0.2) is 5.48 Å². The van der Waals surface area contributed by atoms with E-state index in [9.17, 15) is 4.79 Å². The smallest absolute Gasteiger partial charge is 0.321 e. The molecule has 0 aromatic heterocycles. The summed E-state index contributed by atoms with van der Waals surface area (Å²) in [5, 5.41) is 0. The molecule has 11 heavy (non-hydrogen) atoms. The highest BCUT2D eigenvalue weighted by molar-refractivity contribution is 9.10. The Bertz CT molecular complexity index is 120. The zero-order valence-electron chi connectivity index (χ0n) is 6.59. The molecule has 0 aromatic carbocycles. The fourth-order valence-corrected chi connectivity index (χ4v) is 0.737. The number of carbonyl (C=O) groups excluding carboxylic acids is 1. The molecule has 0 aliphatic carbocycles. The van der Waals surface area contributed by atoms with Crippen LogP contribution < -0.4 is 5.48 Å². The van der Waals surface area contributed by atoms with E-state index in [0.29, 0.717) is 13.2 Å². The number of hydrogen-bond donors (Lipinski definition) is 1. The first-order valence-electron chi connectivity index (χ1n) is 3.29. The minimum absolute atomic E-state index is 0.281. The molecule has 1 N–H and O–H groups in total. The number of alkyl halides is 1. The Morgan fingerprint density at radius 3 is 2.82 bits per heavy atom. The molecule has 0 aliphatic rings. The van der Waals surface area contributed by atoms with E-state index < -0.39 is 0 Å². The highest BCUT2D eigenvalue weighted by atomic mass is 79.9. The maximum atomic E-state index is 10.9. The molecule has 0 fully saturated rings. The van der Waals surface area contributed by atoms with Crippen molar-refractivity contribution in [1.29, 1.82) is 0 Å². The summed E-state index contributed by atoms with van der Waals surface area (Å²) in [7, 11) is 1.49. The number of carbonyl (C=O) groups is 1. The first-order valence-corrected chi connectivity index (χ1v) is 4.20. The van der Waals surface area contributed by atoms with Gasteiger partial charge in [0.05, 0.1) is 13.7 Å². The van der Waals surface area contributed by atoms with Crippen molar-refractivity contribution in [3.05, 3.63) is 0 Å². The predicted molar refractivity (Wildman–Crippen MR) is 44.4 cm³/mol. The van der Waals surface area contributed by atoms with Crippen LogP contribution in [-0.4, -0.2) is 31.1 Å². The molecule has 0 radical (unpaired) electrons. The summed E-state index contributed by atoms with van der Waals surface area (Å²) < 4.78 is 4.72. The predicted octanol–water partition coefficient (Wildman–Crippen LogP) is 0.464. The van der Waals surface area contributed by atoms with Crippen molar-refractivity contribution in [2.24, 2.45) is 0 Å². The molecule has 4 nitrogen and oxygen atoms in total. The number of ether oxygens (including phenoxy) is 1. The van der Waals surface area contributed by atoms with Crippen molar-refractivity contribution in [3.8, 4) is 0 Å². The average Bonchev–Trinajstić information content (AvgIpc) is 2.00. The van der Waals surface area contributed by atoms with E-state index in [4.69, 9.17) is 4.74 Å². The molecule has 0 aromatic rings. The molecule has 0 saturated carbocycles. The highest BCUT2D eigenvalue weighted by Crippen LogP contribution is 2.00. The SMILES string of the molecule is CCOC(=O)C(Br)CNOC. The molecule has 0 bridgehead atoms. The Balaban J connectivity index is 3.46. The van der Waals surface area contributed by atoms with Crippen LogP contribution in [0.15, 0.2) is 0 Å².